The van der Waals surface area contributed by atoms with Crippen LogP contribution in [0.4, 0.5) is 0 Å². The van der Waals surface area contributed by atoms with Crippen LogP contribution in [0, 0.1) is 0 Å². The Morgan fingerprint density at radius 2 is 2.19 bits per heavy atom. The number of rotatable bonds is 5. The van der Waals surface area contributed by atoms with E-state index in [0.717, 1.165) is 33.6 Å². The second-order valence-corrected chi connectivity index (χ2v) is 8.13. The molecule has 0 spiro atoms. The summed E-state index contributed by atoms with van der Waals surface area (Å²) < 4.78 is 5.07. The lowest BCUT2D eigenvalue weighted by Gasteiger charge is -2.12. The number of thiophene rings is 1. The SMILES string of the molecule is CCOC(=O)CSc1nc(-c2cccnc2)nc2sc3c(c12)CCCC3. The number of ether oxygens (including phenoxy) is 1. The van der Waals surface area contributed by atoms with Crippen LogP contribution in [0.5, 0.6) is 0 Å². The molecule has 1 aliphatic rings. The Morgan fingerprint density at radius 1 is 1.31 bits per heavy atom. The van der Waals surface area contributed by atoms with Crippen molar-refractivity contribution in [1.82, 2.24) is 15.0 Å². The summed E-state index contributed by atoms with van der Waals surface area (Å²) in [7, 11) is 0. The van der Waals surface area contributed by atoms with Crippen molar-refractivity contribution in [3.05, 3.63) is 35.0 Å². The molecular formula is C19H19N3O2S2. The summed E-state index contributed by atoms with van der Waals surface area (Å²) >= 11 is 3.21. The molecule has 26 heavy (non-hydrogen) atoms. The molecule has 3 heterocycles. The van der Waals surface area contributed by atoms with Crippen LogP contribution in [0.15, 0.2) is 29.6 Å². The van der Waals surface area contributed by atoms with Gasteiger partial charge in [0.1, 0.15) is 9.86 Å². The van der Waals surface area contributed by atoms with Crippen LogP contribution >= 0.6 is 23.1 Å². The highest BCUT2D eigenvalue weighted by Gasteiger charge is 2.22. The molecule has 3 aromatic heterocycles. The average Bonchev–Trinajstić information content (AvgIpc) is 3.05. The predicted octanol–water partition coefficient (Wildman–Crippen LogP) is 4.29. The summed E-state index contributed by atoms with van der Waals surface area (Å²) in [6, 6.07) is 3.84. The molecular weight excluding hydrogens is 366 g/mol. The van der Waals surface area contributed by atoms with Crippen LogP contribution in [0.25, 0.3) is 21.6 Å². The lowest BCUT2D eigenvalue weighted by molar-refractivity contribution is -0.139. The van der Waals surface area contributed by atoms with Crippen LogP contribution in [0.1, 0.15) is 30.2 Å². The predicted molar refractivity (Wildman–Crippen MR) is 105 cm³/mol. The van der Waals surface area contributed by atoms with Crippen LogP contribution in [-0.4, -0.2) is 33.3 Å². The number of fused-ring (bicyclic) bond motifs is 3. The van der Waals surface area contributed by atoms with Crippen molar-refractivity contribution in [1.29, 1.82) is 0 Å². The lowest BCUT2D eigenvalue weighted by atomic mass is 9.97. The summed E-state index contributed by atoms with van der Waals surface area (Å²) in [5.74, 6) is 0.712. The molecule has 0 unspecified atom stereocenters. The van der Waals surface area contributed by atoms with Gasteiger partial charge >= 0.3 is 5.97 Å². The van der Waals surface area contributed by atoms with E-state index < -0.39 is 0 Å². The second-order valence-electron chi connectivity index (χ2n) is 6.08. The van der Waals surface area contributed by atoms with Crippen LogP contribution in [0.3, 0.4) is 0 Å². The van der Waals surface area contributed by atoms with Crippen molar-refractivity contribution in [3.63, 3.8) is 0 Å². The number of carbonyl (C=O) groups is 1. The standard InChI is InChI=1S/C19H19N3O2S2/c1-2-24-15(23)11-25-18-16-13-7-3-4-8-14(13)26-19(16)22-17(21-18)12-6-5-9-20-10-12/h5-6,9-10H,2-4,7-8,11H2,1H3. The van der Waals surface area contributed by atoms with E-state index in [1.165, 1.54) is 35.0 Å². The monoisotopic (exact) mass is 385 g/mol. The minimum Gasteiger partial charge on any atom is -0.465 e. The number of aromatic nitrogens is 3. The molecule has 0 bridgehead atoms. The smallest absolute Gasteiger partial charge is 0.316 e. The fourth-order valence-electron chi connectivity index (χ4n) is 3.18. The molecule has 0 amide bonds. The van der Waals surface area contributed by atoms with E-state index in [4.69, 9.17) is 14.7 Å². The molecule has 3 aromatic rings. The molecule has 7 heteroatoms. The summed E-state index contributed by atoms with van der Waals surface area (Å²) in [6.45, 7) is 2.22. The van der Waals surface area contributed by atoms with E-state index >= 15 is 0 Å². The third-order valence-electron chi connectivity index (χ3n) is 4.33. The van der Waals surface area contributed by atoms with Gasteiger partial charge in [0, 0.05) is 28.2 Å². The number of hydrogen-bond donors (Lipinski definition) is 0. The fourth-order valence-corrected chi connectivity index (χ4v) is 5.36. The van der Waals surface area contributed by atoms with Crippen LogP contribution < -0.4 is 0 Å². The van der Waals surface area contributed by atoms with Gasteiger partial charge in [-0.1, -0.05) is 11.8 Å². The molecule has 134 valence electrons. The molecule has 0 saturated heterocycles. The largest absolute Gasteiger partial charge is 0.465 e. The highest BCUT2D eigenvalue weighted by molar-refractivity contribution is 8.00. The summed E-state index contributed by atoms with van der Waals surface area (Å²) in [5.41, 5.74) is 2.26. The molecule has 0 saturated carbocycles. The Labute approximate surface area is 160 Å². The van der Waals surface area contributed by atoms with E-state index in [2.05, 4.69) is 4.98 Å². The third kappa shape index (κ3) is 3.46. The second kappa shape index (κ2) is 7.72. The zero-order valence-corrected chi connectivity index (χ0v) is 16.2. The molecule has 0 atom stereocenters. The zero-order chi connectivity index (χ0) is 17.9. The van der Waals surface area contributed by atoms with Gasteiger partial charge in [-0.15, -0.1) is 11.3 Å². The maximum atomic E-state index is 11.8. The molecule has 4 rings (SSSR count). The first-order valence-corrected chi connectivity index (χ1v) is 10.6. The number of pyridine rings is 1. The Hall–Kier alpha value is -1.99. The van der Waals surface area contributed by atoms with Gasteiger partial charge in [0.2, 0.25) is 0 Å². The van der Waals surface area contributed by atoms with Gasteiger partial charge < -0.3 is 4.74 Å². The maximum absolute atomic E-state index is 11.8. The highest BCUT2D eigenvalue weighted by atomic mass is 32.2. The van der Waals surface area contributed by atoms with Crippen LogP contribution in [0.2, 0.25) is 0 Å². The first kappa shape index (κ1) is 17.4. The number of carbonyl (C=O) groups excluding carboxylic acids is 1. The molecule has 0 fully saturated rings. The van der Waals surface area contributed by atoms with E-state index in [-0.39, 0.29) is 11.7 Å². The summed E-state index contributed by atoms with van der Waals surface area (Å²) in [4.78, 5) is 28.1. The molecule has 0 aliphatic heterocycles. The van der Waals surface area contributed by atoms with Crippen molar-refractivity contribution in [3.8, 4) is 11.4 Å². The van der Waals surface area contributed by atoms with Crippen molar-refractivity contribution in [2.24, 2.45) is 0 Å². The fraction of sp³-hybridized carbons (Fsp3) is 0.368. The minimum absolute atomic E-state index is 0.212. The number of esters is 1. The van der Waals surface area contributed by atoms with E-state index in [0.29, 0.717) is 12.4 Å². The van der Waals surface area contributed by atoms with Gasteiger partial charge in [0.15, 0.2) is 5.82 Å². The third-order valence-corrected chi connectivity index (χ3v) is 6.47. The molecule has 0 N–H and O–H groups in total. The Bertz CT molecular complexity index is 941. The van der Waals surface area contributed by atoms with Crippen LogP contribution in [-0.2, 0) is 22.4 Å². The highest BCUT2D eigenvalue weighted by Crippen LogP contribution is 2.40. The first-order chi connectivity index (χ1) is 12.8. The minimum atomic E-state index is -0.212. The number of thioether (sulfide) groups is 1. The van der Waals surface area contributed by atoms with Crippen molar-refractivity contribution < 1.29 is 9.53 Å². The first-order valence-electron chi connectivity index (χ1n) is 8.77. The van der Waals surface area contributed by atoms with Gasteiger partial charge in [-0.05, 0) is 50.3 Å². The number of nitrogens with zero attached hydrogens (tertiary/aromatic N) is 3. The van der Waals surface area contributed by atoms with Gasteiger partial charge in [-0.25, -0.2) is 9.97 Å². The van der Waals surface area contributed by atoms with Gasteiger partial charge in [0.25, 0.3) is 0 Å². The van der Waals surface area contributed by atoms with Crippen molar-refractivity contribution in [2.45, 2.75) is 37.6 Å². The molecule has 0 radical (unpaired) electrons. The zero-order valence-electron chi connectivity index (χ0n) is 14.5. The molecule has 1 aliphatic carbocycles. The normalized spacial score (nSPS) is 13.6. The summed E-state index contributed by atoms with van der Waals surface area (Å²) in [5, 5.41) is 2.01. The number of hydrogen-bond acceptors (Lipinski definition) is 7. The Kier molecular flexibility index (Phi) is 5.17. The summed E-state index contributed by atoms with van der Waals surface area (Å²) in [6.07, 6.45) is 8.12. The average molecular weight is 386 g/mol. The quantitative estimate of drug-likeness (QED) is 0.371. The van der Waals surface area contributed by atoms with Gasteiger partial charge in [0.05, 0.1) is 12.4 Å². The molecule has 5 nitrogen and oxygen atoms in total. The molecule has 0 aromatic carbocycles. The van der Waals surface area contributed by atoms with Gasteiger partial charge in [-0.3, -0.25) is 9.78 Å². The van der Waals surface area contributed by atoms with E-state index in [9.17, 15) is 4.79 Å². The maximum Gasteiger partial charge on any atom is 0.316 e. The Morgan fingerprint density at radius 3 is 3.00 bits per heavy atom. The Balaban J connectivity index is 1.79. The van der Waals surface area contributed by atoms with Crippen molar-refractivity contribution >= 4 is 39.3 Å². The lowest BCUT2D eigenvalue weighted by Crippen LogP contribution is -2.07. The van der Waals surface area contributed by atoms with Gasteiger partial charge in [-0.2, -0.15) is 0 Å². The topological polar surface area (TPSA) is 65.0 Å². The van der Waals surface area contributed by atoms with Crippen molar-refractivity contribution in [2.75, 3.05) is 12.4 Å². The van der Waals surface area contributed by atoms with E-state index in [1.54, 1.807) is 23.7 Å². The van der Waals surface area contributed by atoms with E-state index in [1.807, 2.05) is 19.1 Å². The number of aryl methyl sites for hydroxylation is 2.